The molecule has 0 fully saturated rings. The van der Waals surface area contributed by atoms with E-state index in [0.29, 0.717) is 11.8 Å². The molecule has 0 saturated heterocycles. The fourth-order valence-corrected chi connectivity index (χ4v) is 5.42. The highest BCUT2D eigenvalue weighted by molar-refractivity contribution is 5.93. The van der Waals surface area contributed by atoms with Gasteiger partial charge in [0.25, 0.3) is 0 Å². The molecule has 0 aliphatic rings. The van der Waals surface area contributed by atoms with Gasteiger partial charge in [0.15, 0.2) is 0 Å². The van der Waals surface area contributed by atoms with Gasteiger partial charge in [-0.2, -0.15) is 0 Å². The molecule has 8 aromatic rings. The SMILES string of the molecule is c1cnc2cc(-c3ccc4cc(N(c5ccc(-c6ncco6)cc5)c5ccc(-c6nnco6)cc5)ccc4c3)ccc2c1. The highest BCUT2D eigenvalue weighted by atomic mass is 16.4. The summed E-state index contributed by atoms with van der Waals surface area (Å²) in [5, 5.41) is 11.3. The zero-order chi connectivity index (χ0) is 28.6. The molecule has 0 spiro atoms. The monoisotopic (exact) mass is 557 g/mol. The topological polar surface area (TPSA) is 81.1 Å². The van der Waals surface area contributed by atoms with E-state index in [9.17, 15) is 0 Å². The highest BCUT2D eigenvalue weighted by Crippen LogP contribution is 2.38. The number of hydrogen-bond acceptors (Lipinski definition) is 7. The summed E-state index contributed by atoms with van der Waals surface area (Å²) in [5.41, 5.74) is 8.09. The molecule has 0 bridgehead atoms. The smallest absolute Gasteiger partial charge is 0.247 e. The van der Waals surface area contributed by atoms with Crippen LogP contribution in [0.15, 0.2) is 149 Å². The molecule has 7 nitrogen and oxygen atoms in total. The molecule has 5 aromatic carbocycles. The predicted molar refractivity (Wildman–Crippen MR) is 168 cm³/mol. The number of benzene rings is 5. The molecule has 3 aromatic heterocycles. The van der Waals surface area contributed by atoms with E-state index in [-0.39, 0.29) is 0 Å². The second-order valence-corrected chi connectivity index (χ2v) is 10.2. The Kier molecular flexibility index (Phi) is 5.97. The Hall–Kier alpha value is -6.08. The van der Waals surface area contributed by atoms with Crippen LogP contribution >= 0.6 is 0 Å². The molecule has 0 saturated carbocycles. The van der Waals surface area contributed by atoms with Gasteiger partial charge < -0.3 is 13.7 Å². The van der Waals surface area contributed by atoms with Crippen LogP contribution in [0.2, 0.25) is 0 Å². The number of hydrogen-bond donors (Lipinski definition) is 0. The number of nitrogens with zero attached hydrogens (tertiary/aromatic N) is 5. The first-order valence-electron chi connectivity index (χ1n) is 13.8. The van der Waals surface area contributed by atoms with Crippen LogP contribution in [0.5, 0.6) is 0 Å². The van der Waals surface area contributed by atoms with E-state index in [1.807, 2.05) is 36.5 Å². The van der Waals surface area contributed by atoms with Crippen LogP contribution in [-0.2, 0) is 0 Å². The molecule has 0 aliphatic carbocycles. The lowest BCUT2D eigenvalue weighted by Crippen LogP contribution is -2.09. The standard InChI is InChI=1S/C36H23N5O2/c1-2-24-3-4-30(22-34(24)37-17-1)27-5-6-29-21-33(16-11-28(29)20-27)41(31-12-7-25(8-13-31)35-38-18-19-42-35)32-14-9-26(10-15-32)36-40-39-23-43-36/h1-23H. The summed E-state index contributed by atoms with van der Waals surface area (Å²) in [6.07, 6.45) is 6.40. The van der Waals surface area contributed by atoms with Crippen LogP contribution in [0.4, 0.5) is 17.1 Å². The zero-order valence-corrected chi connectivity index (χ0v) is 22.8. The van der Waals surface area contributed by atoms with Crippen molar-refractivity contribution >= 4 is 38.7 Å². The van der Waals surface area contributed by atoms with Crippen molar-refractivity contribution in [2.75, 3.05) is 4.90 Å². The van der Waals surface area contributed by atoms with Gasteiger partial charge in [0.2, 0.25) is 18.2 Å². The summed E-state index contributed by atoms with van der Waals surface area (Å²) < 4.78 is 10.9. The van der Waals surface area contributed by atoms with Crippen molar-refractivity contribution in [3.05, 3.63) is 140 Å². The number of aromatic nitrogens is 4. The van der Waals surface area contributed by atoms with E-state index < -0.39 is 0 Å². The van der Waals surface area contributed by atoms with Crippen molar-refractivity contribution in [3.63, 3.8) is 0 Å². The molecule has 43 heavy (non-hydrogen) atoms. The Bertz CT molecular complexity index is 2100. The maximum atomic E-state index is 5.50. The maximum absolute atomic E-state index is 5.50. The van der Waals surface area contributed by atoms with Gasteiger partial charge in [0.1, 0.15) is 6.26 Å². The fraction of sp³-hybridized carbons (Fsp3) is 0. The van der Waals surface area contributed by atoms with Crippen LogP contribution in [0.3, 0.4) is 0 Å². The zero-order valence-electron chi connectivity index (χ0n) is 22.8. The van der Waals surface area contributed by atoms with Crippen molar-refractivity contribution in [1.82, 2.24) is 20.2 Å². The van der Waals surface area contributed by atoms with Gasteiger partial charge >= 0.3 is 0 Å². The van der Waals surface area contributed by atoms with Crippen LogP contribution in [0, 0.1) is 0 Å². The number of anilines is 3. The van der Waals surface area contributed by atoms with E-state index in [1.165, 1.54) is 6.39 Å². The number of fused-ring (bicyclic) bond motifs is 2. The van der Waals surface area contributed by atoms with Crippen molar-refractivity contribution in [1.29, 1.82) is 0 Å². The second-order valence-electron chi connectivity index (χ2n) is 10.2. The quantitative estimate of drug-likeness (QED) is 0.201. The lowest BCUT2D eigenvalue weighted by atomic mass is 9.99. The first-order chi connectivity index (χ1) is 21.3. The maximum Gasteiger partial charge on any atom is 0.247 e. The third-order valence-electron chi connectivity index (χ3n) is 7.56. The Morgan fingerprint density at radius 3 is 1.86 bits per heavy atom. The van der Waals surface area contributed by atoms with Gasteiger partial charge in [-0.3, -0.25) is 4.98 Å². The molecule has 8 rings (SSSR count). The molecule has 0 amide bonds. The summed E-state index contributed by atoms with van der Waals surface area (Å²) in [6, 6.07) is 39.9. The number of pyridine rings is 1. The van der Waals surface area contributed by atoms with Gasteiger partial charge in [-0.05, 0) is 101 Å². The first-order valence-corrected chi connectivity index (χ1v) is 13.8. The third-order valence-corrected chi connectivity index (χ3v) is 7.56. The number of rotatable bonds is 6. The molecule has 0 N–H and O–H groups in total. The second kappa shape index (κ2) is 10.4. The van der Waals surface area contributed by atoms with Crippen LogP contribution in [-0.4, -0.2) is 20.2 Å². The lowest BCUT2D eigenvalue weighted by Gasteiger charge is -2.26. The first kappa shape index (κ1) is 24.7. The number of oxazole rings is 1. The van der Waals surface area contributed by atoms with Crippen molar-refractivity contribution in [2.45, 2.75) is 0 Å². The normalized spacial score (nSPS) is 11.3. The molecule has 7 heteroatoms. The van der Waals surface area contributed by atoms with Gasteiger partial charge in [0.05, 0.1) is 11.7 Å². The Morgan fingerprint density at radius 2 is 1.14 bits per heavy atom. The van der Waals surface area contributed by atoms with E-state index in [2.05, 4.69) is 110 Å². The van der Waals surface area contributed by atoms with Crippen LogP contribution in [0.25, 0.3) is 55.7 Å². The Labute approximate surface area is 246 Å². The van der Waals surface area contributed by atoms with Gasteiger partial charge in [-0.25, -0.2) is 4.98 Å². The molecular formula is C36H23N5O2. The minimum absolute atomic E-state index is 0.483. The molecule has 0 aliphatic heterocycles. The summed E-state index contributed by atoms with van der Waals surface area (Å²) >= 11 is 0. The largest absolute Gasteiger partial charge is 0.445 e. The summed E-state index contributed by atoms with van der Waals surface area (Å²) in [6.45, 7) is 0. The van der Waals surface area contributed by atoms with Crippen LogP contribution in [0.1, 0.15) is 0 Å². The minimum atomic E-state index is 0.483. The summed E-state index contributed by atoms with van der Waals surface area (Å²) in [4.78, 5) is 11.0. The third kappa shape index (κ3) is 4.69. The molecular weight excluding hydrogens is 534 g/mol. The van der Waals surface area contributed by atoms with Gasteiger partial charge in [-0.1, -0.05) is 36.4 Å². The van der Waals surface area contributed by atoms with E-state index in [4.69, 9.17) is 8.83 Å². The fourth-order valence-electron chi connectivity index (χ4n) is 5.42. The Morgan fingerprint density at radius 1 is 0.488 bits per heavy atom. The lowest BCUT2D eigenvalue weighted by molar-refractivity contribution is 0.568. The average Bonchev–Trinajstić information content (AvgIpc) is 3.81. The summed E-state index contributed by atoms with van der Waals surface area (Å²) in [5.74, 6) is 1.07. The van der Waals surface area contributed by atoms with E-state index in [0.717, 1.165) is 61.0 Å². The van der Waals surface area contributed by atoms with Crippen molar-refractivity contribution in [2.24, 2.45) is 0 Å². The molecule has 204 valence electrons. The summed E-state index contributed by atoms with van der Waals surface area (Å²) in [7, 11) is 0. The van der Waals surface area contributed by atoms with E-state index in [1.54, 1.807) is 12.5 Å². The predicted octanol–water partition coefficient (Wildman–Crippen LogP) is 9.23. The Balaban J connectivity index is 1.19. The average molecular weight is 558 g/mol. The minimum Gasteiger partial charge on any atom is -0.445 e. The van der Waals surface area contributed by atoms with Gasteiger partial charge in [0, 0.05) is 39.8 Å². The molecule has 3 heterocycles. The van der Waals surface area contributed by atoms with Gasteiger partial charge in [-0.15, -0.1) is 10.2 Å². The van der Waals surface area contributed by atoms with Crippen molar-refractivity contribution < 1.29 is 8.83 Å². The van der Waals surface area contributed by atoms with Crippen LogP contribution < -0.4 is 4.90 Å². The van der Waals surface area contributed by atoms with Crippen molar-refractivity contribution in [3.8, 4) is 34.0 Å². The molecule has 0 unspecified atom stereocenters. The molecule has 0 atom stereocenters. The van der Waals surface area contributed by atoms with E-state index >= 15 is 0 Å². The molecule has 0 radical (unpaired) electrons. The highest BCUT2D eigenvalue weighted by Gasteiger charge is 2.15.